The Morgan fingerprint density at radius 1 is 1.30 bits per heavy atom. The van der Waals surface area contributed by atoms with E-state index < -0.39 is 35.0 Å². The van der Waals surface area contributed by atoms with E-state index in [9.17, 15) is 19.5 Å². The number of carbonyl (C=O) groups is 3. The molecule has 9 heteroatoms. The maximum atomic E-state index is 14.5. The largest absolute Gasteiger partial charge is 0.481 e. The third-order valence-electron chi connectivity index (χ3n) is 8.66. The minimum Gasteiger partial charge on any atom is -0.481 e. The van der Waals surface area contributed by atoms with Crippen molar-refractivity contribution in [1.82, 2.24) is 4.90 Å². The van der Waals surface area contributed by atoms with Crippen molar-refractivity contribution < 1.29 is 29.3 Å². The topological polar surface area (TPSA) is 107 Å². The molecule has 1 spiro atoms. The minimum absolute atomic E-state index is 0.104. The molecule has 2 amide bonds. The van der Waals surface area contributed by atoms with Crippen LogP contribution in [0.25, 0.3) is 0 Å². The Hall–Kier alpha value is -2.42. The molecule has 202 valence electrons. The van der Waals surface area contributed by atoms with Crippen molar-refractivity contribution >= 4 is 35.1 Å². The molecule has 4 rings (SSSR count). The molecule has 8 nitrogen and oxygen atoms in total. The monoisotopic (exact) mass is 532 g/mol. The standard InChI is InChI=1S/C28H37ClN2O6/c1-5-13-30(22-17(2)11-10-12-19(22)29)25(34)23-28-16-18(3)27(4,37-28)21(26(35)36)20(28)24(33)31(23)14-8-6-7-9-15-32/h5,10-12,18,20-21,23,32H,1,6-9,13-16H2,2-4H3,(H,35,36)/t18?,20-,21+,23?,27-,28?/m0/s1. The van der Waals surface area contributed by atoms with Gasteiger partial charge in [0.15, 0.2) is 0 Å². The number of amides is 2. The number of likely N-dealkylation sites (tertiary alicyclic amines) is 1. The average Bonchev–Trinajstić information content (AvgIpc) is 3.34. The second-order valence-electron chi connectivity index (χ2n) is 10.9. The van der Waals surface area contributed by atoms with Crippen molar-refractivity contribution in [3.8, 4) is 0 Å². The van der Waals surface area contributed by atoms with E-state index in [1.54, 1.807) is 28.9 Å². The third kappa shape index (κ3) is 4.27. The molecule has 0 radical (unpaired) electrons. The second-order valence-corrected chi connectivity index (χ2v) is 11.3. The Balaban J connectivity index is 1.79. The molecule has 0 saturated carbocycles. The van der Waals surface area contributed by atoms with Crippen molar-refractivity contribution in [3.63, 3.8) is 0 Å². The smallest absolute Gasteiger partial charge is 0.310 e. The van der Waals surface area contributed by atoms with E-state index in [4.69, 9.17) is 21.4 Å². The molecule has 0 aliphatic carbocycles. The highest BCUT2D eigenvalue weighted by atomic mass is 35.5. The molecular weight excluding hydrogens is 496 g/mol. The van der Waals surface area contributed by atoms with Crippen LogP contribution in [0, 0.1) is 24.7 Å². The van der Waals surface area contributed by atoms with Crippen LogP contribution < -0.4 is 4.90 Å². The van der Waals surface area contributed by atoms with E-state index in [1.165, 1.54) is 0 Å². The first-order valence-corrected chi connectivity index (χ1v) is 13.4. The SMILES string of the molecule is C=CCN(C(=O)C1N(CCCCCCO)C(=O)[C@@H]2[C@H](C(=O)O)[C@@]3(C)OC12CC3C)c1c(C)cccc1Cl. The van der Waals surface area contributed by atoms with Crippen LogP contribution in [0.3, 0.4) is 0 Å². The number of carbonyl (C=O) groups excluding carboxylic acids is 2. The van der Waals surface area contributed by atoms with E-state index in [-0.39, 0.29) is 30.9 Å². The number of nitrogens with zero attached hydrogens (tertiary/aromatic N) is 2. The van der Waals surface area contributed by atoms with E-state index in [2.05, 4.69) is 6.58 Å². The van der Waals surface area contributed by atoms with Crippen molar-refractivity contribution in [2.75, 3.05) is 24.6 Å². The van der Waals surface area contributed by atoms with Gasteiger partial charge in [-0.05, 0) is 50.7 Å². The lowest BCUT2D eigenvalue weighted by Crippen LogP contribution is -2.57. The number of fused-ring (bicyclic) bond motifs is 1. The molecule has 0 aromatic heterocycles. The summed E-state index contributed by atoms with van der Waals surface area (Å²) in [5.41, 5.74) is -0.921. The normalized spacial score (nSPS) is 32.0. The number of unbranched alkanes of at least 4 members (excludes halogenated alkanes) is 3. The fourth-order valence-corrected chi connectivity index (χ4v) is 7.24. The third-order valence-corrected chi connectivity index (χ3v) is 8.96. The molecule has 2 bridgehead atoms. The van der Waals surface area contributed by atoms with Crippen LogP contribution in [0.5, 0.6) is 0 Å². The van der Waals surface area contributed by atoms with E-state index in [1.807, 2.05) is 26.0 Å². The average molecular weight is 533 g/mol. The Morgan fingerprint density at radius 3 is 2.62 bits per heavy atom. The molecule has 3 saturated heterocycles. The predicted molar refractivity (Wildman–Crippen MR) is 140 cm³/mol. The van der Waals surface area contributed by atoms with Gasteiger partial charge in [0.25, 0.3) is 5.91 Å². The molecule has 3 unspecified atom stereocenters. The Labute approximate surface area is 223 Å². The second kappa shape index (κ2) is 10.4. The highest BCUT2D eigenvalue weighted by molar-refractivity contribution is 6.34. The van der Waals surface area contributed by atoms with Crippen molar-refractivity contribution in [2.45, 2.75) is 70.1 Å². The number of carboxylic acid groups (broad SMARTS) is 1. The molecule has 6 atom stereocenters. The summed E-state index contributed by atoms with van der Waals surface area (Å²) in [5, 5.41) is 19.7. The number of aliphatic hydroxyl groups excluding tert-OH is 1. The van der Waals surface area contributed by atoms with Crippen LogP contribution in [0.2, 0.25) is 5.02 Å². The number of benzene rings is 1. The lowest BCUT2D eigenvalue weighted by Gasteiger charge is -2.37. The number of carboxylic acids is 1. The zero-order chi connectivity index (χ0) is 27.1. The van der Waals surface area contributed by atoms with Crippen LogP contribution in [0.15, 0.2) is 30.9 Å². The van der Waals surface area contributed by atoms with Gasteiger partial charge in [0.05, 0.1) is 22.2 Å². The summed E-state index contributed by atoms with van der Waals surface area (Å²) in [4.78, 5) is 44.1. The zero-order valence-electron chi connectivity index (χ0n) is 21.8. The predicted octanol–water partition coefficient (Wildman–Crippen LogP) is 3.82. The van der Waals surface area contributed by atoms with Crippen molar-refractivity contribution in [1.29, 1.82) is 0 Å². The van der Waals surface area contributed by atoms with Gasteiger partial charge >= 0.3 is 5.97 Å². The van der Waals surface area contributed by atoms with Crippen LogP contribution in [0.1, 0.15) is 51.5 Å². The lowest BCUT2D eigenvalue weighted by molar-refractivity contribution is -0.156. The van der Waals surface area contributed by atoms with Crippen molar-refractivity contribution in [2.24, 2.45) is 17.8 Å². The Bertz CT molecular complexity index is 1070. The first-order chi connectivity index (χ1) is 17.5. The Kier molecular flexibility index (Phi) is 7.75. The lowest BCUT2D eigenvalue weighted by atomic mass is 9.62. The number of halogens is 1. The van der Waals surface area contributed by atoms with Gasteiger partial charge < -0.3 is 24.7 Å². The molecule has 1 aromatic carbocycles. The molecule has 3 fully saturated rings. The maximum Gasteiger partial charge on any atom is 0.310 e. The highest BCUT2D eigenvalue weighted by Gasteiger charge is 2.80. The molecule has 3 heterocycles. The van der Waals surface area contributed by atoms with Gasteiger partial charge in [-0.3, -0.25) is 14.4 Å². The number of rotatable bonds is 11. The van der Waals surface area contributed by atoms with Gasteiger partial charge in [-0.15, -0.1) is 6.58 Å². The molecule has 3 aliphatic heterocycles. The van der Waals surface area contributed by atoms with Gasteiger partial charge in [0, 0.05) is 19.7 Å². The van der Waals surface area contributed by atoms with E-state index in [0.29, 0.717) is 36.5 Å². The molecule has 3 aliphatic rings. The quantitative estimate of drug-likeness (QED) is 0.331. The number of ether oxygens (including phenoxy) is 1. The first-order valence-electron chi connectivity index (χ1n) is 13.1. The first kappa shape index (κ1) is 27.6. The van der Waals surface area contributed by atoms with E-state index >= 15 is 0 Å². The molecule has 2 N–H and O–H groups in total. The summed E-state index contributed by atoms with van der Waals surface area (Å²) in [6.07, 6.45) is 4.92. The maximum absolute atomic E-state index is 14.5. The summed E-state index contributed by atoms with van der Waals surface area (Å²) in [6, 6.07) is 4.42. The van der Waals surface area contributed by atoms with Gasteiger partial charge in [0.2, 0.25) is 5.91 Å². The molecule has 37 heavy (non-hydrogen) atoms. The molecular formula is C28H37ClN2O6. The number of hydrogen-bond donors (Lipinski definition) is 2. The van der Waals surface area contributed by atoms with Gasteiger partial charge in [-0.2, -0.15) is 0 Å². The van der Waals surface area contributed by atoms with Gasteiger partial charge in [0.1, 0.15) is 17.6 Å². The fraction of sp³-hybridized carbons (Fsp3) is 0.607. The zero-order valence-corrected chi connectivity index (χ0v) is 22.5. The van der Waals surface area contributed by atoms with Crippen LogP contribution in [-0.2, 0) is 19.1 Å². The number of para-hydroxylation sites is 1. The number of hydrogen-bond acceptors (Lipinski definition) is 5. The summed E-state index contributed by atoms with van der Waals surface area (Å²) in [6.45, 7) is 9.98. The van der Waals surface area contributed by atoms with Gasteiger partial charge in [-0.25, -0.2) is 0 Å². The Morgan fingerprint density at radius 2 is 2.00 bits per heavy atom. The van der Waals surface area contributed by atoms with Crippen molar-refractivity contribution in [3.05, 3.63) is 41.4 Å². The van der Waals surface area contributed by atoms with Gasteiger partial charge in [-0.1, -0.05) is 49.6 Å². The summed E-state index contributed by atoms with van der Waals surface area (Å²) >= 11 is 6.57. The summed E-state index contributed by atoms with van der Waals surface area (Å²) < 4.78 is 6.58. The number of aliphatic carboxylic acids is 1. The minimum atomic E-state index is -1.23. The highest BCUT2D eigenvalue weighted by Crippen LogP contribution is 2.65. The summed E-state index contributed by atoms with van der Waals surface area (Å²) in [5.74, 6) is -3.87. The fourth-order valence-electron chi connectivity index (χ4n) is 6.92. The van der Waals surface area contributed by atoms with Crippen LogP contribution in [0.4, 0.5) is 5.69 Å². The summed E-state index contributed by atoms with van der Waals surface area (Å²) in [7, 11) is 0. The number of aliphatic hydroxyl groups is 1. The van der Waals surface area contributed by atoms with Crippen LogP contribution >= 0.6 is 11.6 Å². The van der Waals surface area contributed by atoms with Crippen LogP contribution in [-0.4, -0.2) is 69.8 Å². The van der Waals surface area contributed by atoms with E-state index in [0.717, 1.165) is 18.4 Å². The number of aryl methyl sites for hydroxylation is 1. The number of anilines is 1. The molecule has 1 aromatic rings.